The number of sulfonamides is 1. The maximum atomic E-state index is 12.7. The van der Waals surface area contributed by atoms with Crippen LogP contribution >= 0.6 is 0 Å². The molecule has 1 saturated carbocycles. The van der Waals surface area contributed by atoms with Crippen molar-refractivity contribution in [1.29, 1.82) is 0 Å². The monoisotopic (exact) mass is 409 g/mol. The van der Waals surface area contributed by atoms with Gasteiger partial charge in [-0.05, 0) is 43.6 Å². The van der Waals surface area contributed by atoms with E-state index in [2.05, 4.69) is 19.9 Å². The summed E-state index contributed by atoms with van der Waals surface area (Å²) in [4.78, 5) is 13.9. The molecule has 0 aliphatic heterocycles. The molecule has 1 atom stereocenters. The van der Waals surface area contributed by atoms with Crippen LogP contribution in [0.5, 0.6) is 0 Å². The number of nitrogens with one attached hydrogen (secondary N) is 1. The van der Waals surface area contributed by atoms with Crippen molar-refractivity contribution >= 4 is 26.9 Å². The first-order valence-corrected chi connectivity index (χ1v) is 11.5. The Kier molecular flexibility index (Phi) is 6.57. The quantitative estimate of drug-likeness (QED) is 0.621. The van der Waals surface area contributed by atoms with Crippen LogP contribution < -0.4 is 4.90 Å². The molecule has 2 aromatic heterocycles. The van der Waals surface area contributed by atoms with Gasteiger partial charge in [-0.1, -0.05) is 6.92 Å². The lowest BCUT2D eigenvalue weighted by Crippen LogP contribution is -2.47. The van der Waals surface area contributed by atoms with Gasteiger partial charge >= 0.3 is 0 Å². The molecule has 1 aliphatic rings. The van der Waals surface area contributed by atoms with E-state index >= 15 is 0 Å². The van der Waals surface area contributed by atoms with E-state index < -0.39 is 10.0 Å². The summed E-state index contributed by atoms with van der Waals surface area (Å²) in [5.74, 6) is 1.50. The van der Waals surface area contributed by atoms with Crippen LogP contribution in [0, 0.1) is 11.8 Å². The second kappa shape index (κ2) is 8.75. The molecular weight excluding hydrogens is 378 g/mol. The molecular formula is C19H31N5O3S. The third-order valence-electron chi connectivity index (χ3n) is 5.77. The summed E-state index contributed by atoms with van der Waals surface area (Å²) in [6, 6.07) is 2.26. The van der Waals surface area contributed by atoms with E-state index in [1.165, 1.54) is 4.31 Å². The number of aromatic nitrogens is 3. The van der Waals surface area contributed by atoms with Crippen LogP contribution in [0.2, 0.25) is 0 Å². The summed E-state index contributed by atoms with van der Waals surface area (Å²) in [6.07, 6.45) is 6.64. The molecule has 0 bridgehead atoms. The molecule has 1 aliphatic carbocycles. The number of aliphatic hydroxyl groups excluding tert-OH is 1. The number of aromatic amines is 1. The van der Waals surface area contributed by atoms with E-state index in [-0.39, 0.29) is 24.2 Å². The highest BCUT2D eigenvalue weighted by molar-refractivity contribution is 7.89. The predicted molar refractivity (Wildman–Crippen MR) is 111 cm³/mol. The van der Waals surface area contributed by atoms with Crippen molar-refractivity contribution in [2.75, 3.05) is 37.9 Å². The molecule has 2 aromatic rings. The van der Waals surface area contributed by atoms with E-state index in [4.69, 9.17) is 5.11 Å². The van der Waals surface area contributed by atoms with E-state index in [9.17, 15) is 8.42 Å². The van der Waals surface area contributed by atoms with Crippen molar-refractivity contribution in [3.05, 3.63) is 18.6 Å². The van der Waals surface area contributed by atoms with Gasteiger partial charge in [0.1, 0.15) is 17.8 Å². The fourth-order valence-electron chi connectivity index (χ4n) is 3.97. The van der Waals surface area contributed by atoms with Crippen LogP contribution in [-0.2, 0) is 10.0 Å². The number of fused-ring (bicyclic) bond motifs is 1. The summed E-state index contributed by atoms with van der Waals surface area (Å²) >= 11 is 0. The smallest absolute Gasteiger partial charge is 0.214 e. The molecule has 0 aromatic carbocycles. The second-order valence-electron chi connectivity index (χ2n) is 8.07. The molecule has 156 valence electrons. The van der Waals surface area contributed by atoms with Gasteiger partial charge in [0.15, 0.2) is 0 Å². The standard InChI is InChI=1S/C19H31N5O3S/c1-14(5-4-8-25)11-23(2)28(26,27)12-15-9-16(10-15)24(3)19-17-6-7-20-18(17)21-13-22-19/h6-7,13-16,25H,4-5,8-12H2,1-3H3,(H,20,21,22). The van der Waals surface area contributed by atoms with Gasteiger partial charge in [-0.2, -0.15) is 0 Å². The minimum atomic E-state index is -3.26. The Morgan fingerprint density at radius 3 is 2.79 bits per heavy atom. The van der Waals surface area contributed by atoms with Crippen molar-refractivity contribution in [2.45, 2.75) is 38.6 Å². The van der Waals surface area contributed by atoms with E-state index in [1.807, 2.05) is 26.2 Å². The normalized spacial score (nSPS) is 21.0. The molecule has 0 spiro atoms. The lowest BCUT2D eigenvalue weighted by Gasteiger charge is -2.42. The van der Waals surface area contributed by atoms with Gasteiger partial charge in [-0.15, -0.1) is 0 Å². The first kappa shape index (κ1) is 21.0. The number of anilines is 1. The Hall–Kier alpha value is -1.71. The Bertz CT molecular complexity index is 879. The van der Waals surface area contributed by atoms with Crippen LogP contribution in [0.3, 0.4) is 0 Å². The summed E-state index contributed by atoms with van der Waals surface area (Å²) in [5, 5.41) is 9.90. The SMILES string of the molecule is CC(CCCO)CN(C)S(=O)(=O)CC1CC(N(C)c2ncnc3[nH]ccc23)C1. The van der Waals surface area contributed by atoms with Crippen LogP contribution in [0.25, 0.3) is 11.0 Å². The van der Waals surface area contributed by atoms with Gasteiger partial charge in [0.05, 0.1) is 11.1 Å². The molecule has 0 amide bonds. The van der Waals surface area contributed by atoms with Crippen LogP contribution in [0.1, 0.15) is 32.6 Å². The largest absolute Gasteiger partial charge is 0.396 e. The predicted octanol–water partition coefficient (Wildman–Crippen LogP) is 1.84. The maximum absolute atomic E-state index is 12.7. The molecule has 2 heterocycles. The molecule has 0 saturated heterocycles. The fraction of sp³-hybridized carbons (Fsp3) is 0.684. The molecule has 1 unspecified atom stereocenters. The lowest BCUT2D eigenvalue weighted by atomic mass is 9.81. The van der Waals surface area contributed by atoms with E-state index in [1.54, 1.807) is 13.4 Å². The van der Waals surface area contributed by atoms with Gasteiger partial charge < -0.3 is 15.0 Å². The zero-order chi connectivity index (χ0) is 20.3. The molecule has 1 fully saturated rings. The Labute approximate surface area is 167 Å². The Balaban J connectivity index is 1.52. The number of hydrogen-bond donors (Lipinski definition) is 2. The summed E-state index contributed by atoms with van der Waals surface area (Å²) in [5.41, 5.74) is 0.812. The Morgan fingerprint density at radius 1 is 1.32 bits per heavy atom. The van der Waals surface area contributed by atoms with Crippen LogP contribution in [-0.4, -0.2) is 71.8 Å². The number of hydrogen-bond acceptors (Lipinski definition) is 6. The summed E-state index contributed by atoms with van der Waals surface area (Å²) in [7, 11) is 0.418. The number of rotatable bonds is 10. The molecule has 28 heavy (non-hydrogen) atoms. The van der Waals surface area contributed by atoms with Gasteiger partial charge in [0, 0.05) is 39.5 Å². The first-order valence-electron chi connectivity index (χ1n) is 9.87. The van der Waals surface area contributed by atoms with Gasteiger partial charge in [0.25, 0.3) is 0 Å². The molecule has 8 nitrogen and oxygen atoms in total. The zero-order valence-corrected chi connectivity index (χ0v) is 17.7. The highest BCUT2D eigenvalue weighted by Crippen LogP contribution is 2.36. The number of H-pyrrole nitrogens is 1. The highest BCUT2D eigenvalue weighted by Gasteiger charge is 2.37. The van der Waals surface area contributed by atoms with E-state index in [0.29, 0.717) is 19.0 Å². The summed E-state index contributed by atoms with van der Waals surface area (Å²) < 4.78 is 26.8. The number of aliphatic hydroxyl groups is 1. The molecule has 9 heteroatoms. The highest BCUT2D eigenvalue weighted by atomic mass is 32.2. The number of nitrogens with zero attached hydrogens (tertiary/aromatic N) is 4. The van der Waals surface area contributed by atoms with Crippen molar-refractivity contribution in [1.82, 2.24) is 19.3 Å². The van der Waals surface area contributed by atoms with Crippen LogP contribution in [0.4, 0.5) is 5.82 Å². The zero-order valence-electron chi connectivity index (χ0n) is 16.9. The lowest BCUT2D eigenvalue weighted by molar-refractivity contribution is 0.264. The maximum Gasteiger partial charge on any atom is 0.214 e. The van der Waals surface area contributed by atoms with Crippen molar-refractivity contribution in [3.8, 4) is 0 Å². The first-order chi connectivity index (χ1) is 13.3. The fourth-order valence-corrected chi connectivity index (χ4v) is 5.58. The van der Waals surface area contributed by atoms with Crippen molar-refractivity contribution in [2.24, 2.45) is 11.8 Å². The third kappa shape index (κ3) is 4.64. The third-order valence-corrected chi connectivity index (χ3v) is 7.76. The average molecular weight is 410 g/mol. The molecule has 3 rings (SSSR count). The second-order valence-corrected chi connectivity index (χ2v) is 10.2. The minimum Gasteiger partial charge on any atom is -0.396 e. The minimum absolute atomic E-state index is 0.152. The Morgan fingerprint density at radius 2 is 2.07 bits per heavy atom. The summed E-state index contributed by atoms with van der Waals surface area (Å²) in [6.45, 7) is 2.68. The van der Waals surface area contributed by atoms with Crippen LogP contribution in [0.15, 0.2) is 18.6 Å². The molecule has 0 radical (unpaired) electrons. The molecule has 2 N–H and O–H groups in total. The average Bonchev–Trinajstić information content (AvgIpc) is 3.10. The van der Waals surface area contributed by atoms with Gasteiger partial charge in [-0.3, -0.25) is 0 Å². The van der Waals surface area contributed by atoms with Gasteiger partial charge in [-0.25, -0.2) is 22.7 Å². The van der Waals surface area contributed by atoms with Crippen molar-refractivity contribution < 1.29 is 13.5 Å². The van der Waals surface area contributed by atoms with Gasteiger partial charge in [0.2, 0.25) is 10.0 Å². The topological polar surface area (TPSA) is 102 Å². The van der Waals surface area contributed by atoms with Crippen molar-refractivity contribution in [3.63, 3.8) is 0 Å². The van der Waals surface area contributed by atoms with E-state index in [0.717, 1.165) is 36.1 Å².